The molecule has 0 aliphatic carbocycles. The molecule has 1 amide bonds. The summed E-state index contributed by atoms with van der Waals surface area (Å²) >= 11 is 0. The van der Waals surface area contributed by atoms with Gasteiger partial charge in [-0.2, -0.15) is 0 Å². The summed E-state index contributed by atoms with van der Waals surface area (Å²) in [4.78, 5) is 14.6. The maximum Gasteiger partial charge on any atom is 0.254 e. The third kappa shape index (κ3) is 3.17. The van der Waals surface area contributed by atoms with E-state index in [9.17, 15) is 13.2 Å². The van der Waals surface area contributed by atoms with Gasteiger partial charge < -0.3 is 9.64 Å². The predicted octanol–water partition coefficient (Wildman–Crippen LogP) is 2.39. The molecule has 1 unspecified atom stereocenters. The second kappa shape index (κ2) is 6.38. The minimum absolute atomic E-state index is 0.00172. The number of amides is 1. The largest absolute Gasteiger partial charge is 0.356 e. The minimum Gasteiger partial charge on any atom is -0.356 e. The average Bonchev–Trinajstić information content (AvgIpc) is 2.77. The molecule has 0 bridgehead atoms. The first-order valence-corrected chi connectivity index (χ1v) is 9.22. The molecule has 1 aromatic rings. The highest BCUT2D eigenvalue weighted by atomic mass is 32.2. The van der Waals surface area contributed by atoms with Crippen LogP contribution in [0.5, 0.6) is 0 Å². The maximum atomic E-state index is 12.9. The highest BCUT2D eigenvalue weighted by Gasteiger charge is 2.37. The topological polar surface area (TPSA) is 63.7 Å². The van der Waals surface area contributed by atoms with Gasteiger partial charge in [0.1, 0.15) is 0 Å². The molecule has 5 nitrogen and oxygen atoms in total. The van der Waals surface area contributed by atoms with Gasteiger partial charge in [-0.1, -0.05) is 18.2 Å². The Morgan fingerprint density at radius 1 is 1.18 bits per heavy atom. The van der Waals surface area contributed by atoms with Crippen LogP contribution in [-0.4, -0.2) is 43.7 Å². The number of carbonyl (C=O) groups is 1. The molecule has 1 saturated heterocycles. The molecular formula is C16H23NO4S. The van der Waals surface area contributed by atoms with Gasteiger partial charge in [0, 0.05) is 23.2 Å². The van der Waals surface area contributed by atoms with E-state index >= 15 is 0 Å². The van der Waals surface area contributed by atoms with Crippen molar-refractivity contribution in [1.82, 2.24) is 4.90 Å². The van der Waals surface area contributed by atoms with Crippen molar-refractivity contribution < 1.29 is 17.9 Å². The molecular weight excluding hydrogens is 302 g/mol. The van der Waals surface area contributed by atoms with Gasteiger partial charge >= 0.3 is 0 Å². The molecule has 1 atom stereocenters. The third-order valence-corrected chi connectivity index (χ3v) is 5.53. The monoisotopic (exact) mass is 325 g/mol. The number of benzene rings is 1. The molecule has 1 aromatic carbocycles. The lowest BCUT2D eigenvalue weighted by atomic mass is 10.0. The molecule has 122 valence electrons. The fourth-order valence-electron chi connectivity index (χ4n) is 2.87. The Balaban J connectivity index is 2.47. The molecule has 0 radical (unpaired) electrons. The van der Waals surface area contributed by atoms with E-state index in [1.807, 2.05) is 27.7 Å². The van der Waals surface area contributed by atoms with Crippen LogP contribution in [0.1, 0.15) is 49.1 Å². The van der Waals surface area contributed by atoms with Crippen LogP contribution in [-0.2, 0) is 14.6 Å². The van der Waals surface area contributed by atoms with Crippen LogP contribution in [0.3, 0.4) is 0 Å². The van der Waals surface area contributed by atoms with E-state index in [-0.39, 0.29) is 30.4 Å². The number of hydrogen-bond acceptors (Lipinski definition) is 4. The lowest BCUT2D eigenvalue weighted by molar-refractivity contribution is 0.0637. The Morgan fingerprint density at radius 2 is 1.77 bits per heavy atom. The van der Waals surface area contributed by atoms with Gasteiger partial charge in [-0.15, -0.1) is 0 Å². The Kier molecular flexibility index (Phi) is 4.92. The minimum atomic E-state index is -3.36. The van der Waals surface area contributed by atoms with E-state index in [2.05, 4.69) is 0 Å². The lowest BCUT2D eigenvalue weighted by Gasteiger charge is -2.31. The SMILES string of the molecule is CC(C)N(C(=O)c1ccccc1C1OCCS1(=O)=O)C(C)C. The zero-order chi connectivity index (χ0) is 16.5. The van der Waals surface area contributed by atoms with Crippen molar-refractivity contribution >= 4 is 15.7 Å². The summed E-state index contributed by atoms with van der Waals surface area (Å²) in [5.41, 5.74) is -0.189. The molecule has 0 spiro atoms. The van der Waals surface area contributed by atoms with Crippen LogP contribution >= 0.6 is 0 Å². The molecule has 0 saturated carbocycles. The quantitative estimate of drug-likeness (QED) is 0.852. The van der Waals surface area contributed by atoms with E-state index in [1.165, 1.54) is 0 Å². The Labute approximate surface area is 132 Å². The maximum absolute atomic E-state index is 12.9. The summed E-state index contributed by atoms with van der Waals surface area (Å²) < 4.78 is 29.6. The molecule has 1 heterocycles. The van der Waals surface area contributed by atoms with Crippen molar-refractivity contribution in [1.29, 1.82) is 0 Å². The number of sulfone groups is 1. The first-order valence-electron chi connectivity index (χ1n) is 7.50. The Morgan fingerprint density at radius 3 is 2.27 bits per heavy atom. The Hall–Kier alpha value is -1.40. The number of carbonyl (C=O) groups excluding carboxylic acids is 1. The smallest absolute Gasteiger partial charge is 0.254 e. The normalized spacial score (nSPS) is 20.5. The van der Waals surface area contributed by atoms with Gasteiger partial charge in [-0.05, 0) is 33.8 Å². The number of ether oxygens (including phenoxy) is 1. The van der Waals surface area contributed by atoms with Gasteiger partial charge in [0.05, 0.1) is 12.4 Å². The van der Waals surface area contributed by atoms with Crippen molar-refractivity contribution in [3.8, 4) is 0 Å². The number of hydrogen-bond donors (Lipinski definition) is 0. The first kappa shape index (κ1) is 17.0. The van der Waals surface area contributed by atoms with Crippen molar-refractivity contribution in [2.45, 2.75) is 45.2 Å². The molecule has 1 aliphatic heterocycles. The van der Waals surface area contributed by atoms with Crippen LogP contribution in [0, 0.1) is 0 Å². The van der Waals surface area contributed by atoms with Gasteiger partial charge in [0.25, 0.3) is 5.91 Å². The standard InChI is InChI=1S/C16H23NO4S/c1-11(2)17(12(3)4)15(18)13-7-5-6-8-14(13)16-21-9-10-22(16,19)20/h5-8,11-12,16H,9-10H2,1-4H3. The van der Waals surface area contributed by atoms with Crippen molar-refractivity contribution in [3.63, 3.8) is 0 Å². The zero-order valence-corrected chi connectivity index (χ0v) is 14.3. The second-order valence-corrected chi connectivity index (χ2v) is 8.22. The fraction of sp³-hybridized carbons (Fsp3) is 0.562. The molecule has 1 aliphatic rings. The van der Waals surface area contributed by atoms with Crippen LogP contribution in [0.2, 0.25) is 0 Å². The van der Waals surface area contributed by atoms with Gasteiger partial charge in [-0.25, -0.2) is 8.42 Å². The molecule has 0 aromatic heterocycles. The fourth-order valence-corrected chi connectivity index (χ4v) is 4.31. The molecule has 6 heteroatoms. The summed E-state index contributed by atoms with van der Waals surface area (Å²) in [5.74, 6) is -0.163. The van der Waals surface area contributed by atoms with Gasteiger partial charge in [0.15, 0.2) is 15.3 Å². The van der Waals surface area contributed by atoms with Crippen molar-refractivity contribution in [2.75, 3.05) is 12.4 Å². The van der Waals surface area contributed by atoms with Crippen LogP contribution in [0.4, 0.5) is 0 Å². The molecule has 0 N–H and O–H groups in total. The van der Waals surface area contributed by atoms with Crippen LogP contribution in [0.25, 0.3) is 0 Å². The van der Waals surface area contributed by atoms with Crippen LogP contribution < -0.4 is 0 Å². The van der Waals surface area contributed by atoms with Gasteiger partial charge in [-0.3, -0.25) is 4.79 Å². The van der Waals surface area contributed by atoms with E-state index in [1.54, 1.807) is 29.2 Å². The van der Waals surface area contributed by atoms with E-state index < -0.39 is 15.3 Å². The first-order chi connectivity index (χ1) is 10.3. The molecule has 1 fully saturated rings. The van der Waals surface area contributed by atoms with E-state index in [4.69, 9.17) is 4.74 Å². The third-order valence-electron chi connectivity index (χ3n) is 3.76. The molecule has 22 heavy (non-hydrogen) atoms. The summed E-state index contributed by atoms with van der Waals surface area (Å²) in [7, 11) is -3.36. The van der Waals surface area contributed by atoms with E-state index in [0.717, 1.165) is 0 Å². The summed E-state index contributed by atoms with van der Waals surface area (Å²) in [6.07, 6.45) is 0. The summed E-state index contributed by atoms with van der Waals surface area (Å²) in [5, 5.41) is 0. The predicted molar refractivity (Wildman–Crippen MR) is 85.4 cm³/mol. The number of rotatable bonds is 4. The zero-order valence-electron chi connectivity index (χ0n) is 13.4. The second-order valence-electron chi connectivity index (χ2n) is 6.06. The average molecular weight is 325 g/mol. The summed E-state index contributed by atoms with van der Waals surface area (Å²) in [6.45, 7) is 7.97. The number of nitrogens with zero attached hydrogens (tertiary/aromatic N) is 1. The lowest BCUT2D eigenvalue weighted by Crippen LogP contribution is -2.42. The molecule has 2 rings (SSSR count). The van der Waals surface area contributed by atoms with Gasteiger partial charge in [0.2, 0.25) is 0 Å². The highest BCUT2D eigenvalue weighted by Crippen LogP contribution is 2.32. The Bertz CT molecular complexity index is 644. The van der Waals surface area contributed by atoms with Crippen molar-refractivity contribution in [2.24, 2.45) is 0 Å². The van der Waals surface area contributed by atoms with E-state index in [0.29, 0.717) is 11.1 Å². The summed E-state index contributed by atoms with van der Waals surface area (Å²) in [6, 6.07) is 6.88. The highest BCUT2D eigenvalue weighted by molar-refractivity contribution is 7.91. The van der Waals surface area contributed by atoms with Crippen molar-refractivity contribution in [3.05, 3.63) is 35.4 Å². The van der Waals surface area contributed by atoms with Crippen LogP contribution in [0.15, 0.2) is 24.3 Å².